The smallest absolute Gasteiger partial charge is 0.0834 e. The average Bonchev–Trinajstić information content (AvgIpc) is 2.97. The van der Waals surface area contributed by atoms with E-state index in [1.165, 1.54) is 36.8 Å². The number of hydrogen-bond donors (Lipinski definition) is 1. The van der Waals surface area contributed by atoms with Gasteiger partial charge in [0.05, 0.1) is 5.60 Å². The molecule has 0 bridgehead atoms. The molecule has 1 aromatic carbocycles. The van der Waals surface area contributed by atoms with Crippen LogP contribution in [0.25, 0.3) is 0 Å². The van der Waals surface area contributed by atoms with Gasteiger partial charge in [0.2, 0.25) is 0 Å². The summed E-state index contributed by atoms with van der Waals surface area (Å²) in [6.45, 7) is 7.68. The third kappa shape index (κ3) is 3.87. The quantitative estimate of drug-likeness (QED) is 0.808. The van der Waals surface area contributed by atoms with Crippen molar-refractivity contribution in [2.24, 2.45) is 0 Å². The van der Waals surface area contributed by atoms with Gasteiger partial charge in [-0.2, -0.15) is 0 Å². The van der Waals surface area contributed by atoms with Crippen molar-refractivity contribution in [3.63, 3.8) is 0 Å². The van der Waals surface area contributed by atoms with E-state index >= 15 is 0 Å². The van der Waals surface area contributed by atoms with Gasteiger partial charge in [0.15, 0.2) is 0 Å². The minimum absolute atomic E-state index is 0.0345. The summed E-state index contributed by atoms with van der Waals surface area (Å²) in [6.07, 6.45) is 6.01. The lowest BCUT2D eigenvalue weighted by Gasteiger charge is -2.37. The minimum Gasteiger partial charge on any atom is -0.377 e. The molecule has 0 saturated heterocycles. The largest absolute Gasteiger partial charge is 0.377 e. The molecule has 0 aliphatic heterocycles. The lowest BCUT2D eigenvalue weighted by atomic mass is 9.86. The van der Waals surface area contributed by atoms with Crippen molar-refractivity contribution in [3.05, 3.63) is 35.4 Å². The summed E-state index contributed by atoms with van der Waals surface area (Å²) >= 11 is 0. The highest BCUT2D eigenvalue weighted by atomic mass is 16.5. The van der Waals surface area contributed by atoms with Crippen molar-refractivity contribution in [2.45, 2.75) is 70.4 Å². The normalized spacial score (nSPS) is 19.1. The summed E-state index contributed by atoms with van der Waals surface area (Å²) in [4.78, 5) is 0. The summed E-state index contributed by atoms with van der Waals surface area (Å²) in [5.74, 6) is 0.601. The fraction of sp³-hybridized carbons (Fsp3) is 0.684. The van der Waals surface area contributed by atoms with Gasteiger partial charge in [0.1, 0.15) is 0 Å². The third-order valence-corrected chi connectivity index (χ3v) is 5.03. The lowest BCUT2D eigenvalue weighted by molar-refractivity contribution is -0.0351. The molecule has 1 fully saturated rings. The zero-order chi connectivity index (χ0) is 15.3. The third-order valence-electron chi connectivity index (χ3n) is 5.03. The van der Waals surface area contributed by atoms with Gasteiger partial charge >= 0.3 is 0 Å². The van der Waals surface area contributed by atoms with Crippen LogP contribution < -0.4 is 5.32 Å². The number of hydrogen-bond acceptors (Lipinski definition) is 2. The van der Waals surface area contributed by atoms with Crippen LogP contribution in [0.15, 0.2) is 24.3 Å². The predicted octanol–water partition coefficient (Wildman–Crippen LogP) is 4.29. The summed E-state index contributed by atoms with van der Waals surface area (Å²) in [5, 5.41) is 3.68. The van der Waals surface area contributed by atoms with Crippen LogP contribution in [-0.2, 0) is 11.2 Å². The molecule has 21 heavy (non-hydrogen) atoms. The standard InChI is InChI=1S/C19H31NO/c1-5-20-18(19(21-4)12-6-7-13-19)14-16-8-10-17(11-9-16)15(2)3/h8-11,15,18,20H,5-7,12-14H2,1-4H3. The first kappa shape index (κ1) is 16.5. The van der Waals surface area contributed by atoms with Crippen molar-refractivity contribution in [1.82, 2.24) is 5.32 Å². The Morgan fingerprint density at radius 3 is 2.24 bits per heavy atom. The first-order valence-electron chi connectivity index (χ1n) is 8.48. The van der Waals surface area contributed by atoms with E-state index in [1.807, 2.05) is 7.11 Å². The van der Waals surface area contributed by atoms with Gasteiger partial charge in [-0.05, 0) is 42.9 Å². The minimum atomic E-state index is 0.0345. The molecule has 118 valence electrons. The van der Waals surface area contributed by atoms with E-state index < -0.39 is 0 Å². The van der Waals surface area contributed by atoms with E-state index in [-0.39, 0.29) is 5.60 Å². The molecule has 0 heterocycles. The van der Waals surface area contributed by atoms with E-state index in [4.69, 9.17) is 4.74 Å². The highest BCUT2D eigenvalue weighted by Gasteiger charge is 2.41. The number of rotatable bonds is 7. The molecule has 1 N–H and O–H groups in total. The summed E-state index contributed by atoms with van der Waals surface area (Å²) < 4.78 is 5.99. The average molecular weight is 289 g/mol. The van der Waals surface area contributed by atoms with E-state index in [0.29, 0.717) is 12.0 Å². The van der Waals surface area contributed by atoms with Crippen molar-refractivity contribution in [1.29, 1.82) is 0 Å². The molecule has 1 aliphatic rings. The number of likely N-dealkylation sites (N-methyl/N-ethyl adjacent to an activating group) is 1. The van der Waals surface area contributed by atoms with Crippen LogP contribution >= 0.6 is 0 Å². The number of methoxy groups -OCH3 is 1. The lowest BCUT2D eigenvalue weighted by Crippen LogP contribution is -2.51. The zero-order valence-corrected chi connectivity index (χ0v) is 14.1. The van der Waals surface area contributed by atoms with Gasteiger partial charge in [-0.1, -0.05) is 57.9 Å². The number of benzene rings is 1. The first-order valence-corrected chi connectivity index (χ1v) is 8.48. The topological polar surface area (TPSA) is 21.3 Å². The molecule has 2 nitrogen and oxygen atoms in total. The van der Waals surface area contributed by atoms with Gasteiger partial charge < -0.3 is 10.1 Å². The molecule has 1 saturated carbocycles. The summed E-state index contributed by atoms with van der Waals surface area (Å²) in [5.41, 5.74) is 2.86. The van der Waals surface area contributed by atoms with Gasteiger partial charge in [0, 0.05) is 13.2 Å². The molecule has 1 unspecified atom stereocenters. The molecule has 2 heteroatoms. The van der Waals surface area contributed by atoms with Crippen molar-refractivity contribution >= 4 is 0 Å². The Morgan fingerprint density at radius 2 is 1.76 bits per heavy atom. The highest BCUT2D eigenvalue weighted by Crippen LogP contribution is 2.37. The van der Waals surface area contributed by atoms with E-state index in [9.17, 15) is 0 Å². The second-order valence-corrected chi connectivity index (χ2v) is 6.69. The van der Waals surface area contributed by atoms with Crippen molar-refractivity contribution in [3.8, 4) is 0 Å². The van der Waals surface area contributed by atoms with Gasteiger partial charge in [-0.3, -0.25) is 0 Å². The first-order chi connectivity index (χ1) is 10.1. The maximum atomic E-state index is 5.99. The number of nitrogens with one attached hydrogen (secondary N) is 1. The molecule has 1 atom stereocenters. The SMILES string of the molecule is CCNC(Cc1ccc(C(C)C)cc1)C1(OC)CCCC1. The van der Waals surface area contributed by atoms with Crippen molar-refractivity contribution in [2.75, 3.05) is 13.7 Å². The van der Waals surface area contributed by atoms with Gasteiger partial charge in [-0.15, -0.1) is 0 Å². The monoisotopic (exact) mass is 289 g/mol. The molecule has 0 amide bonds. The highest BCUT2D eigenvalue weighted by molar-refractivity contribution is 5.26. The Kier molecular flexibility index (Phi) is 5.83. The number of ether oxygens (including phenoxy) is 1. The Bertz CT molecular complexity index is 418. The molecule has 0 radical (unpaired) electrons. The summed E-state index contributed by atoms with van der Waals surface area (Å²) in [6, 6.07) is 9.55. The van der Waals surface area contributed by atoms with Crippen LogP contribution in [0.3, 0.4) is 0 Å². The second-order valence-electron chi connectivity index (χ2n) is 6.69. The second kappa shape index (κ2) is 7.42. The molecule has 0 spiro atoms. The Hall–Kier alpha value is -0.860. The van der Waals surface area contributed by atoms with Crippen LogP contribution in [0.5, 0.6) is 0 Å². The molecule has 1 aliphatic carbocycles. The van der Waals surface area contributed by atoms with Crippen molar-refractivity contribution < 1.29 is 4.74 Å². The van der Waals surface area contributed by atoms with E-state index in [1.54, 1.807) is 0 Å². The van der Waals surface area contributed by atoms with E-state index in [0.717, 1.165) is 13.0 Å². The Labute approximate surface area is 130 Å². The van der Waals surface area contributed by atoms with E-state index in [2.05, 4.69) is 50.4 Å². The summed E-state index contributed by atoms with van der Waals surface area (Å²) in [7, 11) is 1.89. The molecular weight excluding hydrogens is 258 g/mol. The zero-order valence-electron chi connectivity index (χ0n) is 14.1. The molecule has 0 aromatic heterocycles. The van der Waals surface area contributed by atoms with Crippen LogP contribution in [0.2, 0.25) is 0 Å². The maximum absolute atomic E-state index is 5.99. The molecule has 2 rings (SSSR count). The van der Waals surface area contributed by atoms with Gasteiger partial charge in [-0.25, -0.2) is 0 Å². The maximum Gasteiger partial charge on any atom is 0.0834 e. The Morgan fingerprint density at radius 1 is 1.14 bits per heavy atom. The molecular formula is C19H31NO. The van der Waals surface area contributed by atoms with Crippen LogP contribution in [0, 0.1) is 0 Å². The fourth-order valence-corrected chi connectivity index (χ4v) is 3.63. The Balaban J connectivity index is 2.12. The van der Waals surface area contributed by atoms with Crippen LogP contribution in [0.4, 0.5) is 0 Å². The predicted molar refractivity (Wildman–Crippen MR) is 89.9 cm³/mol. The fourth-order valence-electron chi connectivity index (χ4n) is 3.63. The van der Waals surface area contributed by atoms with Crippen LogP contribution in [0.1, 0.15) is 63.5 Å². The van der Waals surface area contributed by atoms with Gasteiger partial charge in [0.25, 0.3) is 0 Å². The van der Waals surface area contributed by atoms with Crippen LogP contribution in [-0.4, -0.2) is 25.3 Å². The molecule has 1 aromatic rings.